The predicted octanol–water partition coefficient (Wildman–Crippen LogP) is 1.83. The molecule has 1 saturated heterocycles. The number of urea groups is 1. The number of aromatic nitrogens is 1. The van der Waals surface area contributed by atoms with Crippen LogP contribution in [0.1, 0.15) is 38.8 Å². The molecule has 27 heavy (non-hydrogen) atoms. The molecule has 0 radical (unpaired) electrons. The molecule has 0 saturated carbocycles. The summed E-state index contributed by atoms with van der Waals surface area (Å²) in [6.07, 6.45) is 1.99. The van der Waals surface area contributed by atoms with Crippen LogP contribution in [0.15, 0.2) is 5.38 Å². The number of hydrogen-bond donors (Lipinski definition) is 3. The lowest BCUT2D eigenvalue weighted by molar-refractivity contribution is -0.129. The van der Waals surface area contributed by atoms with Crippen LogP contribution in [0.25, 0.3) is 0 Å². The van der Waals surface area contributed by atoms with Gasteiger partial charge >= 0.3 is 6.03 Å². The van der Waals surface area contributed by atoms with E-state index in [1.165, 1.54) is 21.1 Å². The maximum Gasteiger partial charge on any atom is 0.321 e. The Balaban J connectivity index is 2.07. The van der Waals surface area contributed by atoms with Gasteiger partial charge in [0.25, 0.3) is 5.91 Å². The molecule has 1 fully saturated rings. The van der Waals surface area contributed by atoms with Crippen molar-refractivity contribution in [3.8, 4) is 0 Å². The molecule has 3 N–H and O–H groups in total. The molecule has 1 atom stereocenters. The van der Waals surface area contributed by atoms with Crippen molar-refractivity contribution < 1.29 is 19.6 Å². The van der Waals surface area contributed by atoms with Gasteiger partial charge in [0.05, 0.1) is 5.69 Å². The van der Waals surface area contributed by atoms with Crippen molar-refractivity contribution >= 4 is 34.3 Å². The van der Waals surface area contributed by atoms with Crippen molar-refractivity contribution in [2.45, 2.75) is 46.1 Å². The molecule has 2 rings (SSSR count). The first kappa shape index (κ1) is 21.1. The number of likely N-dealkylation sites (tertiary alicyclic amines) is 1. The number of nitrogens with zero attached hydrogens (tertiary/aromatic N) is 3. The van der Waals surface area contributed by atoms with Crippen LogP contribution in [0.2, 0.25) is 0 Å². The molecule has 1 aromatic heterocycles. The van der Waals surface area contributed by atoms with E-state index in [0.717, 1.165) is 5.69 Å². The molecule has 4 amide bonds. The summed E-state index contributed by atoms with van der Waals surface area (Å²) in [5.41, 5.74) is 2.38. The van der Waals surface area contributed by atoms with Gasteiger partial charge in [0.1, 0.15) is 12.6 Å². The number of rotatable bonds is 7. The van der Waals surface area contributed by atoms with E-state index in [4.69, 9.17) is 5.21 Å². The lowest BCUT2D eigenvalue weighted by Crippen LogP contribution is -2.51. The van der Waals surface area contributed by atoms with E-state index < -0.39 is 11.9 Å². The molecule has 1 aliphatic heterocycles. The number of nitrogens with one attached hydrogen (secondary N) is 2. The molecular formula is C17H27N5O4S. The second kappa shape index (κ2) is 9.65. The fourth-order valence-electron chi connectivity index (χ4n) is 2.92. The van der Waals surface area contributed by atoms with E-state index >= 15 is 0 Å². The number of aryl methyl sites for hydroxylation is 1. The molecular weight excluding hydrogens is 370 g/mol. The van der Waals surface area contributed by atoms with Gasteiger partial charge in [-0.25, -0.2) is 15.3 Å². The third-order valence-electron chi connectivity index (χ3n) is 4.36. The summed E-state index contributed by atoms with van der Waals surface area (Å²) in [7, 11) is 0. The predicted molar refractivity (Wildman–Crippen MR) is 102 cm³/mol. The first-order valence-corrected chi connectivity index (χ1v) is 9.91. The van der Waals surface area contributed by atoms with Gasteiger partial charge in [-0.15, -0.1) is 11.3 Å². The van der Waals surface area contributed by atoms with Gasteiger partial charge in [-0.2, -0.15) is 0 Å². The summed E-state index contributed by atoms with van der Waals surface area (Å²) in [5.74, 6) is -0.584. The Bertz CT molecular complexity index is 678. The minimum atomic E-state index is -0.662. The summed E-state index contributed by atoms with van der Waals surface area (Å²) < 4.78 is 0. The summed E-state index contributed by atoms with van der Waals surface area (Å²) >= 11 is 1.34. The Morgan fingerprint density at radius 1 is 1.44 bits per heavy atom. The summed E-state index contributed by atoms with van der Waals surface area (Å²) in [4.78, 5) is 44.3. The highest BCUT2D eigenvalue weighted by molar-refractivity contribution is 7.13. The van der Waals surface area contributed by atoms with E-state index in [0.29, 0.717) is 43.4 Å². The summed E-state index contributed by atoms with van der Waals surface area (Å²) in [5, 5.41) is 13.9. The van der Waals surface area contributed by atoms with Crippen LogP contribution in [0.4, 0.5) is 9.93 Å². The largest absolute Gasteiger partial charge is 0.321 e. The zero-order valence-electron chi connectivity index (χ0n) is 15.9. The number of hydrogen-bond acceptors (Lipinski definition) is 6. The first-order chi connectivity index (χ1) is 12.8. The van der Waals surface area contributed by atoms with Crippen LogP contribution in [-0.2, 0) is 9.59 Å². The fourth-order valence-corrected chi connectivity index (χ4v) is 3.61. The Hall–Kier alpha value is -2.20. The van der Waals surface area contributed by atoms with Gasteiger partial charge in [-0.05, 0) is 32.1 Å². The maximum atomic E-state index is 13.0. The lowest BCUT2D eigenvalue weighted by Gasteiger charge is -2.31. The third kappa shape index (κ3) is 5.90. The second-order valence-corrected chi connectivity index (χ2v) is 7.91. The minimum absolute atomic E-state index is 0.251. The molecule has 10 heteroatoms. The van der Waals surface area contributed by atoms with Crippen LogP contribution in [0.5, 0.6) is 0 Å². The van der Waals surface area contributed by atoms with E-state index in [2.05, 4.69) is 10.3 Å². The molecule has 0 bridgehead atoms. The third-order valence-corrected chi connectivity index (χ3v) is 5.23. The molecule has 9 nitrogen and oxygen atoms in total. The number of amides is 4. The van der Waals surface area contributed by atoms with E-state index in [-0.39, 0.29) is 18.5 Å². The monoisotopic (exact) mass is 397 g/mol. The fraction of sp³-hybridized carbons (Fsp3) is 0.647. The lowest BCUT2D eigenvalue weighted by atomic mass is 10.1. The SMILES string of the molecule is Cc1csc(NC(=O)[C@@H]2CCCN2C(=O)N(CCC(C)C)CC(=O)NO)n1. The van der Waals surface area contributed by atoms with Crippen molar-refractivity contribution in [2.75, 3.05) is 25.0 Å². The number of hydroxylamine groups is 1. The van der Waals surface area contributed by atoms with Crippen LogP contribution < -0.4 is 10.8 Å². The number of carbonyl (C=O) groups is 3. The number of carbonyl (C=O) groups excluding carboxylic acids is 3. The van der Waals surface area contributed by atoms with Gasteiger partial charge < -0.3 is 15.1 Å². The molecule has 1 aliphatic rings. The standard InChI is InChI=1S/C17H27N5O4S/c1-11(2)6-8-21(9-14(23)20-26)17(25)22-7-4-5-13(22)15(24)19-16-18-12(3)10-27-16/h10-11,13,26H,4-9H2,1-3H3,(H,20,23)(H,18,19,24)/t13-/m0/s1. The second-order valence-electron chi connectivity index (χ2n) is 7.06. The van der Waals surface area contributed by atoms with Crippen molar-refractivity contribution in [3.63, 3.8) is 0 Å². The normalized spacial score (nSPS) is 16.5. The highest BCUT2D eigenvalue weighted by Crippen LogP contribution is 2.22. The van der Waals surface area contributed by atoms with Crippen LogP contribution in [0.3, 0.4) is 0 Å². The molecule has 150 valence electrons. The Kier molecular flexibility index (Phi) is 7.55. The van der Waals surface area contributed by atoms with Gasteiger partial charge in [-0.1, -0.05) is 13.8 Å². The highest BCUT2D eigenvalue weighted by atomic mass is 32.1. The van der Waals surface area contributed by atoms with Crippen molar-refractivity contribution in [1.29, 1.82) is 0 Å². The van der Waals surface area contributed by atoms with Gasteiger partial charge in [0.15, 0.2) is 5.13 Å². The van der Waals surface area contributed by atoms with Gasteiger partial charge in [0, 0.05) is 18.5 Å². The molecule has 0 aromatic carbocycles. The van der Waals surface area contributed by atoms with E-state index in [1.54, 1.807) is 5.48 Å². The number of anilines is 1. The van der Waals surface area contributed by atoms with Crippen molar-refractivity contribution in [3.05, 3.63) is 11.1 Å². The Morgan fingerprint density at radius 3 is 2.78 bits per heavy atom. The topological polar surface area (TPSA) is 115 Å². The zero-order valence-corrected chi connectivity index (χ0v) is 16.7. The highest BCUT2D eigenvalue weighted by Gasteiger charge is 2.37. The smallest absolute Gasteiger partial charge is 0.315 e. The molecule has 1 aromatic rings. The van der Waals surface area contributed by atoms with Crippen LogP contribution in [-0.4, -0.2) is 63.5 Å². The van der Waals surface area contributed by atoms with E-state index in [1.807, 2.05) is 26.2 Å². The Morgan fingerprint density at radius 2 is 2.19 bits per heavy atom. The summed E-state index contributed by atoms with van der Waals surface area (Å²) in [6, 6.07) is -0.965. The molecule has 2 heterocycles. The average Bonchev–Trinajstić information content (AvgIpc) is 3.26. The molecule has 0 unspecified atom stereocenters. The first-order valence-electron chi connectivity index (χ1n) is 9.03. The van der Waals surface area contributed by atoms with E-state index in [9.17, 15) is 14.4 Å². The zero-order chi connectivity index (χ0) is 20.0. The van der Waals surface area contributed by atoms with Crippen LogP contribution >= 0.6 is 11.3 Å². The van der Waals surface area contributed by atoms with Gasteiger partial charge in [0.2, 0.25) is 5.91 Å². The van der Waals surface area contributed by atoms with Crippen LogP contribution in [0, 0.1) is 12.8 Å². The summed E-state index contributed by atoms with van der Waals surface area (Å²) in [6.45, 7) is 6.47. The molecule has 0 aliphatic carbocycles. The Labute approximate surface area is 162 Å². The number of thiazole rings is 1. The maximum absolute atomic E-state index is 13.0. The average molecular weight is 398 g/mol. The quantitative estimate of drug-likeness (QED) is 0.480. The van der Waals surface area contributed by atoms with Crippen molar-refractivity contribution in [2.24, 2.45) is 5.92 Å². The molecule has 0 spiro atoms. The van der Waals surface area contributed by atoms with Gasteiger partial charge in [-0.3, -0.25) is 14.8 Å². The minimum Gasteiger partial charge on any atom is -0.315 e. The van der Waals surface area contributed by atoms with Crippen molar-refractivity contribution in [1.82, 2.24) is 20.3 Å².